The normalized spacial score (nSPS) is 18.6. The summed E-state index contributed by atoms with van der Waals surface area (Å²) in [6.07, 6.45) is 0.730. The number of aromatic carboxylic acids is 1. The third kappa shape index (κ3) is 2.38. The van der Waals surface area contributed by atoms with Crippen molar-refractivity contribution in [2.24, 2.45) is 0 Å². The Kier molecular flexibility index (Phi) is 3.39. The Morgan fingerprint density at radius 3 is 2.90 bits per heavy atom. The second-order valence-corrected chi connectivity index (χ2v) is 5.19. The molecule has 1 aliphatic rings. The zero-order chi connectivity index (χ0) is 15.0. The van der Waals surface area contributed by atoms with E-state index in [1.165, 1.54) is 0 Å². The number of rotatable bonds is 4. The van der Waals surface area contributed by atoms with Crippen LogP contribution < -0.4 is 5.32 Å². The maximum atomic E-state index is 11.9. The second-order valence-electron chi connectivity index (χ2n) is 5.19. The first kappa shape index (κ1) is 13.6. The first-order chi connectivity index (χ1) is 10.1. The number of amides is 1. The van der Waals surface area contributed by atoms with E-state index in [9.17, 15) is 14.7 Å². The first-order valence-corrected chi connectivity index (χ1v) is 6.80. The lowest BCUT2D eigenvalue weighted by Gasteiger charge is -2.11. The third-order valence-electron chi connectivity index (χ3n) is 3.85. The number of nitrogens with one attached hydrogen (secondary N) is 1. The number of likely N-dealkylation sites (N-methyl/N-ethyl adjacent to an activating group) is 1. The third-order valence-corrected chi connectivity index (χ3v) is 3.85. The van der Waals surface area contributed by atoms with Gasteiger partial charge in [-0.25, -0.2) is 4.79 Å². The van der Waals surface area contributed by atoms with Gasteiger partial charge in [0, 0.05) is 31.1 Å². The van der Waals surface area contributed by atoms with Gasteiger partial charge in [-0.3, -0.25) is 4.79 Å². The number of hydrogen-bond donors (Lipinski definition) is 2. The lowest BCUT2D eigenvalue weighted by Crippen LogP contribution is -2.36. The van der Waals surface area contributed by atoms with Crippen LogP contribution in [0.25, 0.3) is 11.0 Å². The Labute approximate surface area is 121 Å². The molecular weight excluding hydrogens is 272 g/mol. The fourth-order valence-corrected chi connectivity index (χ4v) is 2.68. The highest BCUT2D eigenvalue weighted by Crippen LogP contribution is 2.26. The molecule has 6 heteroatoms. The summed E-state index contributed by atoms with van der Waals surface area (Å²) in [4.78, 5) is 24.8. The largest absolute Gasteiger partial charge is 0.475 e. The maximum Gasteiger partial charge on any atom is 0.372 e. The molecule has 1 aromatic carbocycles. The fraction of sp³-hybridized carbons (Fsp3) is 0.333. The zero-order valence-electron chi connectivity index (χ0n) is 11.6. The van der Waals surface area contributed by atoms with Crippen molar-refractivity contribution in [2.45, 2.75) is 19.0 Å². The fourth-order valence-electron chi connectivity index (χ4n) is 2.68. The molecule has 0 aliphatic carbocycles. The monoisotopic (exact) mass is 288 g/mol. The van der Waals surface area contributed by atoms with Crippen molar-refractivity contribution >= 4 is 22.8 Å². The Morgan fingerprint density at radius 1 is 1.48 bits per heavy atom. The summed E-state index contributed by atoms with van der Waals surface area (Å²) in [5.74, 6) is -1.12. The number of hydrogen-bond acceptors (Lipinski definition) is 4. The minimum absolute atomic E-state index is 0.0414. The molecule has 0 saturated carbocycles. The van der Waals surface area contributed by atoms with Gasteiger partial charge in [0.05, 0.1) is 6.04 Å². The molecule has 1 unspecified atom stereocenters. The van der Waals surface area contributed by atoms with Crippen LogP contribution in [0.3, 0.4) is 0 Å². The van der Waals surface area contributed by atoms with Crippen LogP contribution in [0.15, 0.2) is 28.7 Å². The van der Waals surface area contributed by atoms with E-state index in [1.807, 2.05) is 12.1 Å². The van der Waals surface area contributed by atoms with E-state index >= 15 is 0 Å². The highest BCUT2D eigenvalue weighted by Gasteiger charge is 2.29. The summed E-state index contributed by atoms with van der Waals surface area (Å²) in [6.45, 7) is 1.01. The van der Waals surface area contributed by atoms with Crippen LogP contribution in [0.1, 0.15) is 22.5 Å². The van der Waals surface area contributed by atoms with Gasteiger partial charge in [-0.2, -0.15) is 0 Å². The average molecular weight is 288 g/mol. The van der Waals surface area contributed by atoms with E-state index in [4.69, 9.17) is 4.42 Å². The molecule has 1 fully saturated rings. The van der Waals surface area contributed by atoms with Crippen molar-refractivity contribution in [1.29, 1.82) is 0 Å². The molecule has 1 atom stereocenters. The van der Waals surface area contributed by atoms with Crippen molar-refractivity contribution in [2.75, 3.05) is 13.6 Å². The van der Waals surface area contributed by atoms with Crippen LogP contribution >= 0.6 is 0 Å². The quantitative estimate of drug-likeness (QED) is 0.889. The molecule has 21 heavy (non-hydrogen) atoms. The summed E-state index contributed by atoms with van der Waals surface area (Å²) >= 11 is 0. The molecule has 1 aromatic heterocycles. The van der Waals surface area contributed by atoms with Gasteiger partial charge < -0.3 is 19.7 Å². The number of furan rings is 1. The molecule has 110 valence electrons. The number of fused-ring (bicyclic) bond motifs is 1. The van der Waals surface area contributed by atoms with E-state index < -0.39 is 5.97 Å². The Bertz CT molecular complexity index is 707. The Hall–Kier alpha value is -2.34. The Balaban J connectivity index is 1.87. The number of carbonyl (C=O) groups is 2. The van der Waals surface area contributed by atoms with Crippen LogP contribution in [0, 0.1) is 0 Å². The van der Waals surface area contributed by atoms with Crippen LogP contribution in [0.4, 0.5) is 0 Å². The van der Waals surface area contributed by atoms with Crippen molar-refractivity contribution in [3.05, 3.63) is 35.6 Å². The van der Waals surface area contributed by atoms with Crippen molar-refractivity contribution in [1.82, 2.24) is 10.2 Å². The van der Waals surface area contributed by atoms with Crippen LogP contribution in [-0.2, 0) is 11.3 Å². The summed E-state index contributed by atoms with van der Waals surface area (Å²) in [5, 5.41) is 13.2. The van der Waals surface area contributed by atoms with Crippen molar-refractivity contribution < 1.29 is 19.1 Å². The molecule has 1 aliphatic heterocycles. The van der Waals surface area contributed by atoms with Gasteiger partial charge in [-0.05, 0) is 12.5 Å². The van der Waals surface area contributed by atoms with E-state index in [1.54, 1.807) is 24.1 Å². The standard InChI is InChI=1S/C15H16N2O4/c1-17-7-6-11(14(17)18)16-8-10-9-4-2-3-5-12(9)21-13(10)15(19)20/h2-5,11,16H,6-8H2,1H3,(H,19,20). The number of para-hydroxylation sites is 1. The summed E-state index contributed by atoms with van der Waals surface area (Å²) in [7, 11) is 1.76. The van der Waals surface area contributed by atoms with Gasteiger partial charge in [-0.15, -0.1) is 0 Å². The number of likely N-dealkylation sites (tertiary alicyclic amines) is 1. The molecular formula is C15H16N2O4. The molecule has 0 radical (unpaired) electrons. The molecule has 2 heterocycles. The lowest BCUT2D eigenvalue weighted by atomic mass is 10.1. The number of benzene rings is 1. The molecule has 0 bridgehead atoms. The predicted octanol–water partition coefficient (Wildman–Crippen LogP) is 1.45. The summed E-state index contributed by atoms with van der Waals surface area (Å²) < 4.78 is 5.39. The Morgan fingerprint density at radius 2 is 2.24 bits per heavy atom. The zero-order valence-corrected chi connectivity index (χ0v) is 11.6. The average Bonchev–Trinajstić information content (AvgIpc) is 2.99. The van der Waals surface area contributed by atoms with E-state index in [2.05, 4.69) is 5.32 Å². The molecule has 0 spiro atoms. The maximum absolute atomic E-state index is 11.9. The number of carboxylic acid groups (broad SMARTS) is 1. The van der Waals surface area contributed by atoms with Gasteiger partial charge in [0.15, 0.2) is 0 Å². The molecule has 2 aromatic rings. The van der Waals surface area contributed by atoms with Crippen LogP contribution in [0.5, 0.6) is 0 Å². The van der Waals surface area contributed by atoms with Gasteiger partial charge >= 0.3 is 5.97 Å². The second kappa shape index (κ2) is 5.21. The number of carbonyl (C=O) groups excluding carboxylic acids is 1. The highest BCUT2D eigenvalue weighted by molar-refractivity contribution is 5.95. The molecule has 3 rings (SSSR count). The van der Waals surface area contributed by atoms with Crippen molar-refractivity contribution in [3.63, 3.8) is 0 Å². The minimum atomic E-state index is -1.10. The first-order valence-electron chi connectivity index (χ1n) is 6.80. The highest BCUT2D eigenvalue weighted by atomic mass is 16.4. The van der Waals surface area contributed by atoms with Gasteiger partial charge in [0.25, 0.3) is 0 Å². The smallest absolute Gasteiger partial charge is 0.372 e. The van der Waals surface area contributed by atoms with Gasteiger partial charge in [-0.1, -0.05) is 18.2 Å². The van der Waals surface area contributed by atoms with Crippen LogP contribution in [0.2, 0.25) is 0 Å². The minimum Gasteiger partial charge on any atom is -0.475 e. The molecule has 1 saturated heterocycles. The molecule has 2 N–H and O–H groups in total. The molecule has 1 amide bonds. The topological polar surface area (TPSA) is 82.8 Å². The summed E-state index contributed by atoms with van der Waals surface area (Å²) in [6, 6.07) is 6.93. The predicted molar refractivity (Wildman–Crippen MR) is 76.1 cm³/mol. The van der Waals surface area contributed by atoms with Crippen LogP contribution in [-0.4, -0.2) is 41.5 Å². The van der Waals surface area contributed by atoms with Crippen molar-refractivity contribution in [3.8, 4) is 0 Å². The number of carboxylic acids is 1. The van der Waals surface area contributed by atoms with Gasteiger partial charge in [0.1, 0.15) is 5.58 Å². The van der Waals surface area contributed by atoms with E-state index in [-0.39, 0.29) is 17.7 Å². The SMILES string of the molecule is CN1CCC(NCc2c(C(=O)O)oc3ccccc23)C1=O. The van der Waals surface area contributed by atoms with E-state index in [0.717, 1.165) is 11.8 Å². The lowest BCUT2D eigenvalue weighted by molar-refractivity contribution is -0.128. The van der Waals surface area contributed by atoms with E-state index in [0.29, 0.717) is 24.2 Å². The molecule has 6 nitrogen and oxygen atoms in total. The van der Waals surface area contributed by atoms with Gasteiger partial charge in [0.2, 0.25) is 11.7 Å². The number of nitrogens with zero attached hydrogens (tertiary/aromatic N) is 1. The summed E-state index contributed by atoms with van der Waals surface area (Å²) in [5.41, 5.74) is 1.13.